The SMILES string of the molecule is Cc1cc(C)c2cc(CN(Cc3cccs3)C(=S)Nc3ccccc3)c(=O)[nH]c2c1. The van der Waals surface area contributed by atoms with Gasteiger partial charge in [0.05, 0.1) is 13.1 Å². The van der Waals surface area contributed by atoms with Gasteiger partial charge in [-0.2, -0.15) is 0 Å². The fraction of sp³-hybridized carbons (Fsp3) is 0.167. The van der Waals surface area contributed by atoms with Gasteiger partial charge in [-0.15, -0.1) is 11.3 Å². The highest BCUT2D eigenvalue weighted by atomic mass is 32.1. The van der Waals surface area contributed by atoms with E-state index in [0.29, 0.717) is 23.8 Å². The number of thiocarbonyl (C=S) groups is 1. The maximum absolute atomic E-state index is 12.8. The smallest absolute Gasteiger partial charge is 0.253 e. The van der Waals surface area contributed by atoms with Gasteiger partial charge in [0.1, 0.15) is 0 Å². The molecule has 2 aromatic heterocycles. The molecular weight excluding hydrogens is 410 g/mol. The van der Waals surface area contributed by atoms with Crippen molar-refractivity contribution in [3.05, 3.63) is 98.0 Å². The summed E-state index contributed by atoms with van der Waals surface area (Å²) in [5.41, 5.74) is 4.70. The van der Waals surface area contributed by atoms with Crippen LogP contribution in [0, 0.1) is 13.8 Å². The topological polar surface area (TPSA) is 48.1 Å². The van der Waals surface area contributed by atoms with Gasteiger partial charge < -0.3 is 15.2 Å². The summed E-state index contributed by atoms with van der Waals surface area (Å²) in [6.45, 7) is 5.17. The van der Waals surface area contributed by atoms with Gasteiger partial charge in [-0.05, 0) is 72.9 Å². The Kier molecular flexibility index (Phi) is 5.97. The first kappa shape index (κ1) is 20.3. The second-order valence-corrected chi connectivity index (χ2v) is 8.82. The Hall–Kier alpha value is -2.96. The number of anilines is 1. The second-order valence-electron chi connectivity index (χ2n) is 7.40. The van der Waals surface area contributed by atoms with Crippen LogP contribution in [-0.2, 0) is 13.1 Å². The van der Waals surface area contributed by atoms with Crippen molar-refractivity contribution in [2.75, 3.05) is 5.32 Å². The maximum atomic E-state index is 12.8. The lowest BCUT2D eigenvalue weighted by molar-refractivity contribution is 0.415. The second kappa shape index (κ2) is 8.81. The number of para-hydroxylation sites is 1. The van der Waals surface area contributed by atoms with Crippen LogP contribution in [0.2, 0.25) is 0 Å². The van der Waals surface area contributed by atoms with Crippen LogP contribution in [0.5, 0.6) is 0 Å². The van der Waals surface area contributed by atoms with Crippen molar-refractivity contribution in [1.29, 1.82) is 0 Å². The molecule has 0 saturated heterocycles. The minimum Gasteiger partial charge on any atom is -0.339 e. The molecule has 2 N–H and O–H groups in total. The fourth-order valence-electron chi connectivity index (χ4n) is 3.55. The molecule has 2 heterocycles. The van der Waals surface area contributed by atoms with Crippen molar-refractivity contribution in [1.82, 2.24) is 9.88 Å². The van der Waals surface area contributed by atoms with E-state index in [0.717, 1.165) is 27.7 Å². The number of fused-ring (bicyclic) bond motifs is 1. The number of hydrogen-bond acceptors (Lipinski definition) is 3. The molecule has 2 aromatic carbocycles. The Balaban J connectivity index is 1.66. The number of benzene rings is 2. The van der Waals surface area contributed by atoms with Crippen LogP contribution < -0.4 is 10.9 Å². The molecule has 4 nitrogen and oxygen atoms in total. The maximum Gasteiger partial charge on any atom is 0.253 e. The number of nitrogens with one attached hydrogen (secondary N) is 2. The van der Waals surface area contributed by atoms with Gasteiger partial charge in [-0.25, -0.2) is 0 Å². The molecule has 152 valence electrons. The van der Waals surface area contributed by atoms with Gasteiger partial charge in [0.15, 0.2) is 5.11 Å². The highest BCUT2D eigenvalue weighted by molar-refractivity contribution is 7.80. The van der Waals surface area contributed by atoms with Crippen LogP contribution in [0.3, 0.4) is 0 Å². The minimum absolute atomic E-state index is 0.0776. The zero-order valence-electron chi connectivity index (χ0n) is 16.9. The summed E-state index contributed by atoms with van der Waals surface area (Å²) in [4.78, 5) is 19.1. The first-order valence-corrected chi connectivity index (χ1v) is 11.0. The van der Waals surface area contributed by atoms with Crippen LogP contribution in [0.4, 0.5) is 5.69 Å². The number of nitrogens with zero attached hydrogens (tertiary/aromatic N) is 1. The van der Waals surface area contributed by atoms with Gasteiger partial charge in [-0.1, -0.05) is 30.3 Å². The highest BCUT2D eigenvalue weighted by Crippen LogP contribution is 2.20. The Bertz CT molecular complexity index is 1230. The molecule has 30 heavy (non-hydrogen) atoms. The van der Waals surface area contributed by atoms with Crippen LogP contribution >= 0.6 is 23.6 Å². The van der Waals surface area contributed by atoms with E-state index >= 15 is 0 Å². The zero-order valence-corrected chi connectivity index (χ0v) is 18.6. The summed E-state index contributed by atoms with van der Waals surface area (Å²) in [5, 5.41) is 7.01. The molecule has 0 spiro atoms. The Morgan fingerprint density at radius 3 is 2.60 bits per heavy atom. The van der Waals surface area contributed by atoms with Crippen LogP contribution in [0.15, 0.2) is 70.8 Å². The Morgan fingerprint density at radius 2 is 1.87 bits per heavy atom. The number of hydrogen-bond donors (Lipinski definition) is 2. The third-order valence-corrected chi connectivity index (χ3v) is 6.21. The predicted molar refractivity (Wildman–Crippen MR) is 130 cm³/mol. The van der Waals surface area contributed by atoms with E-state index in [1.807, 2.05) is 60.4 Å². The molecule has 0 fully saturated rings. The average Bonchev–Trinajstić information content (AvgIpc) is 3.22. The van der Waals surface area contributed by atoms with Gasteiger partial charge >= 0.3 is 0 Å². The molecule has 0 aliphatic carbocycles. The number of H-pyrrole nitrogens is 1. The van der Waals surface area contributed by atoms with E-state index in [1.54, 1.807) is 11.3 Å². The average molecular weight is 434 g/mol. The zero-order chi connectivity index (χ0) is 21.1. The summed E-state index contributed by atoms with van der Waals surface area (Å²) in [5.74, 6) is 0. The lowest BCUT2D eigenvalue weighted by Crippen LogP contribution is -2.35. The first-order chi connectivity index (χ1) is 14.5. The van der Waals surface area contributed by atoms with E-state index in [9.17, 15) is 4.79 Å². The minimum atomic E-state index is -0.0776. The van der Waals surface area contributed by atoms with Crippen LogP contribution in [0.1, 0.15) is 21.6 Å². The molecule has 4 rings (SSSR count). The number of aromatic nitrogens is 1. The third kappa shape index (κ3) is 4.61. The number of rotatable bonds is 5. The molecule has 4 aromatic rings. The standard InChI is InChI=1S/C24H23N3OS2/c1-16-11-17(2)21-13-18(23(28)26-22(21)12-16)14-27(15-20-9-6-10-30-20)24(29)25-19-7-4-3-5-8-19/h3-13H,14-15H2,1-2H3,(H,25,29)(H,26,28). The summed E-state index contributed by atoms with van der Waals surface area (Å²) in [6.07, 6.45) is 0. The van der Waals surface area contributed by atoms with E-state index in [1.165, 1.54) is 4.88 Å². The van der Waals surface area contributed by atoms with Crippen molar-refractivity contribution >= 4 is 45.3 Å². The van der Waals surface area contributed by atoms with Crippen molar-refractivity contribution in [2.24, 2.45) is 0 Å². The molecular formula is C24H23N3OS2. The monoisotopic (exact) mass is 433 g/mol. The van der Waals surface area contributed by atoms with Gasteiger partial charge in [-0.3, -0.25) is 4.79 Å². The highest BCUT2D eigenvalue weighted by Gasteiger charge is 2.15. The van der Waals surface area contributed by atoms with E-state index in [-0.39, 0.29) is 5.56 Å². The number of pyridine rings is 1. The van der Waals surface area contributed by atoms with Gasteiger partial charge in [0, 0.05) is 27.0 Å². The normalized spacial score (nSPS) is 10.9. The number of thiophene rings is 1. The van der Waals surface area contributed by atoms with E-state index in [2.05, 4.69) is 34.7 Å². The molecule has 0 atom stereocenters. The lowest BCUT2D eigenvalue weighted by atomic mass is 10.0. The molecule has 0 amide bonds. The van der Waals surface area contributed by atoms with Crippen LogP contribution in [-0.4, -0.2) is 15.0 Å². The summed E-state index contributed by atoms with van der Waals surface area (Å²) < 4.78 is 0. The molecule has 0 radical (unpaired) electrons. The molecule has 0 unspecified atom stereocenters. The Morgan fingerprint density at radius 1 is 1.07 bits per heavy atom. The summed E-state index contributed by atoms with van der Waals surface area (Å²) in [7, 11) is 0. The van der Waals surface area contributed by atoms with E-state index < -0.39 is 0 Å². The molecule has 0 aliphatic heterocycles. The number of aromatic amines is 1. The molecule has 6 heteroatoms. The quantitative estimate of drug-likeness (QED) is 0.402. The van der Waals surface area contributed by atoms with Gasteiger partial charge in [0.2, 0.25) is 0 Å². The van der Waals surface area contributed by atoms with E-state index in [4.69, 9.17) is 12.2 Å². The van der Waals surface area contributed by atoms with Crippen molar-refractivity contribution in [2.45, 2.75) is 26.9 Å². The number of aryl methyl sites for hydroxylation is 2. The molecule has 0 bridgehead atoms. The first-order valence-electron chi connectivity index (χ1n) is 9.76. The fourth-order valence-corrected chi connectivity index (χ4v) is 4.52. The van der Waals surface area contributed by atoms with Crippen LogP contribution in [0.25, 0.3) is 10.9 Å². The van der Waals surface area contributed by atoms with Crippen molar-refractivity contribution in [3.8, 4) is 0 Å². The van der Waals surface area contributed by atoms with Crippen molar-refractivity contribution < 1.29 is 0 Å². The summed E-state index contributed by atoms with van der Waals surface area (Å²) in [6, 6.07) is 20.1. The van der Waals surface area contributed by atoms with Crippen molar-refractivity contribution in [3.63, 3.8) is 0 Å². The summed E-state index contributed by atoms with van der Waals surface area (Å²) >= 11 is 7.40. The third-order valence-electron chi connectivity index (χ3n) is 4.99. The van der Waals surface area contributed by atoms with Gasteiger partial charge in [0.25, 0.3) is 5.56 Å². The predicted octanol–water partition coefficient (Wildman–Crippen LogP) is 5.61. The Labute approximate surface area is 185 Å². The molecule has 0 aliphatic rings. The largest absolute Gasteiger partial charge is 0.339 e. The molecule has 0 saturated carbocycles. The lowest BCUT2D eigenvalue weighted by Gasteiger charge is -2.25.